The smallest absolute Gasteiger partial charge is 0.209 e. The molecule has 0 N–H and O–H groups in total. The van der Waals surface area contributed by atoms with E-state index in [2.05, 4.69) is 0 Å². The van der Waals surface area contributed by atoms with Gasteiger partial charge in [0.15, 0.2) is 5.78 Å². The highest BCUT2D eigenvalue weighted by atomic mass is 16.7. The Morgan fingerprint density at radius 2 is 1.62 bits per heavy atom. The van der Waals surface area contributed by atoms with Gasteiger partial charge in [-0.25, -0.2) is 0 Å². The van der Waals surface area contributed by atoms with Crippen LogP contribution in [0.5, 0.6) is 0 Å². The second-order valence-electron chi connectivity index (χ2n) is 3.40. The fourth-order valence-corrected chi connectivity index (χ4v) is 1.70. The maximum Gasteiger partial charge on any atom is 0.209 e. The van der Waals surface area contributed by atoms with E-state index in [-0.39, 0.29) is 5.78 Å². The molecule has 1 aliphatic heterocycles. The maximum atomic E-state index is 11.4. The van der Waals surface area contributed by atoms with E-state index in [1.165, 1.54) is 0 Å². The van der Waals surface area contributed by atoms with Crippen molar-refractivity contribution in [2.24, 2.45) is 0 Å². The van der Waals surface area contributed by atoms with Crippen molar-refractivity contribution in [3.63, 3.8) is 0 Å². The van der Waals surface area contributed by atoms with Crippen LogP contribution in [0.4, 0.5) is 0 Å². The summed E-state index contributed by atoms with van der Waals surface area (Å²) in [7, 11) is 0. The third kappa shape index (κ3) is 1.34. The topological polar surface area (TPSA) is 35.5 Å². The molecule has 0 bridgehead atoms. The van der Waals surface area contributed by atoms with Crippen molar-refractivity contribution < 1.29 is 14.3 Å². The van der Waals surface area contributed by atoms with Crippen LogP contribution < -0.4 is 0 Å². The predicted octanol–water partition coefficient (Wildman–Crippen LogP) is 1.20. The Kier molecular flexibility index (Phi) is 1.86. The van der Waals surface area contributed by atoms with E-state index in [1.807, 2.05) is 0 Å². The Morgan fingerprint density at radius 3 is 2.08 bits per heavy atom. The zero-order valence-corrected chi connectivity index (χ0v) is 7.79. The van der Waals surface area contributed by atoms with Crippen molar-refractivity contribution in [3.05, 3.63) is 23.3 Å². The number of hydrogen-bond acceptors (Lipinski definition) is 3. The summed E-state index contributed by atoms with van der Waals surface area (Å²) in [4.78, 5) is 11.4. The van der Waals surface area contributed by atoms with Crippen LogP contribution in [0, 0.1) is 0 Å². The van der Waals surface area contributed by atoms with Crippen LogP contribution in [-0.4, -0.2) is 24.8 Å². The average molecular weight is 180 g/mol. The van der Waals surface area contributed by atoms with Gasteiger partial charge in [-0.15, -0.1) is 0 Å². The van der Waals surface area contributed by atoms with Gasteiger partial charge in [0.1, 0.15) is 0 Å². The first-order valence-corrected chi connectivity index (χ1v) is 4.34. The third-order valence-corrected chi connectivity index (χ3v) is 2.29. The van der Waals surface area contributed by atoms with Crippen LogP contribution in [0.15, 0.2) is 23.3 Å². The van der Waals surface area contributed by atoms with Crippen LogP contribution in [0.1, 0.15) is 13.8 Å². The molecule has 0 aromatic carbocycles. The molecule has 70 valence electrons. The summed E-state index contributed by atoms with van der Waals surface area (Å²) in [6.07, 6.45) is 3.49. The van der Waals surface area contributed by atoms with Crippen molar-refractivity contribution in [3.8, 4) is 0 Å². The second-order valence-corrected chi connectivity index (χ2v) is 3.40. The Balaban J connectivity index is 2.38. The first kappa shape index (κ1) is 8.66. The molecular formula is C10H12O3. The first-order valence-electron chi connectivity index (χ1n) is 4.34. The van der Waals surface area contributed by atoms with E-state index in [9.17, 15) is 4.79 Å². The van der Waals surface area contributed by atoms with Crippen molar-refractivity contribution in [2.75, 3.05) is 13.2 Å². The largest absolute Gasteiger partial charge is 0.341 e. The summed E-state index contributed by atoms with van der Waals surface area (Å²) < 4.78 is 10.9. The average Bonchev–Trinajstić information content (AvgIpc) is 2.49. The summed E-state index contributed by atoms with van der Waals surface area (Å²) in [5.74, 6) is -0.674. The van der Waals surface area contributed by atoms with E-state index >= 15 is 0 Å². The van der Waals surface area contributed by atoms with Crippen molar-refractivity contribution in [2.45, 2.75) is 19.6 Å². The third-order valence-electron chi connectivity index (χ3n) is 2.29. The van der Waals surface area contributed by atoms with E-state index < -0.39 is 5.79 Å². The summed E-state index contributed by atoms with van der Waals surface area (Å²) in [5, 5.41) is 0. The molecule has 1 spiro atoms. The molecule has 0 unspecified atom stereocenters. The lowest BCUT2D eigenvalue weighted by Crippen LogP contribution is -2.30. The summed E-state index contributed by atoms with van der Waals surface area (Å²) in [6, 6.07) is 0. The van der Waals surface area contributed by atoms with Gasteiger partial charge in [0.05, 0.1) is 13.2 Å². The molecule has 1 heterocycles. The lowest BCUT2D eigenvalue weighted by Gasteiger charge is -2.24. The number of hydrogen-bond donors (Lipinski definition) is 0. The summed E-state index contributed by atoms with van der Waals surface area (Å²) in [5.41, 5.74) is 1.39. The molecule has 0 radical (unpaired) electrons. The highest BCUT2D eigenvalue weighted by Crippen LogP contribution is 2.30. The highest BCUT2D eigenvalue weighted by molar-refractivity contribution is 6.08. The Hall–Kier alpha value is -0.930. The molecule has 3 heteroatoms. The van der Waals surface area contributed by atoms with Gasteiger partial charge >= 0.3 is 0 Å². The van der Waals surface area contributed by atoms with Crippen LogP contribution >= 0.6 is 0 Å². The van der Waals surface area contributed by atoms with Crippen molar-refractivity contribution >= 4 is 5.78 Å². The molecule has 0 aromatic rings. The van der Waals surface area contributed by atoms with E-state index in [0.29, 0.717) is 24.4 Å². The van der Waals surface area contributed by atoms with Crippen LogP contribution in [0.3, 0.4) is 0 Å². The van der Waals surface area contributed by atoms with Gasteiger partial charge in [-0.05, 0) is 37.1 Å². The lowest BCUT2D eigenvalue weighted by atomic mass is 9.95. The first-order chi connectivity index (χ1) is 6.13. The minimum atomic E-state index is -0.748. The Labute approximate surface area is 77.0 Å². The Morgan fingerprint density at radius 1 is 1.15 bits per heavy atom. The molecule has 0 saturated carbocycles. The number of carbonyl (C=O) groups excluding carboxylic acids is 1. The molecule has 2 aliphatic rings. The number of ketones is 1. The zero-order chi connectivity index (χ0) is 9.47. The fraction of sp³-hybridized carbons (Fsp3) is 0.500. The van der Waals surface area contributed by atoms with Gasteiger partial charge in [0.25, 0.3) is 0 Å². The number of rotatable bonds is 0. The monoisotopic (exact) mass is 180 g/mol. The molecule has 3 nitrogen and oxygen atoms in total. The maximum absolute atomic E-state index is 11.4. The molecular weight excluding hydrogens is 168 g/mol. The molecule has 0 atom stereocenters. The fourth-order valence-electron chi connectivity index (χ4n) is 1.70. The number of ether oxygens (including phenoxy) is 2. The van der Waals surface area contributed by atoms with Crippen LogP contribution in [0.25, 0.3) is 0 Å². The molecule has 13 heavy (non-hydrogen) atoms. The highest BCUT2D eigenvalue weighted by Gasteiger charge is 2.36. The molecule has 0 amide bonds. The van der Waals surface area contributed by atoms with Crippen LogP contribution in [-0.2, 0) is 14.3 Å². The number of Topliss-reactive ketones (excluding diaryl/α,β-unsaturated/α-hetero) is 1. The van der Waals surface area contributed by atoms with Gasteiger partial charge in [0, 0.05) is 0 Å². The second kappa shape index (κ2) is 2.79. The van der Waals surface area contributed by atoms with Gasteiger partial charge in [-0.3, -0.25) is 4.79 Å². The normalized spacial score (nSPS) is 26.2. The van der Waals surface area contributed by atoms with Crippen molar-refractivity contribution in [1.29, 1.82) is 0 Å². The standard InChI is InChI=1S/C10H12O3/c1-7-5-10(12-3-4-13-10)6-8(2)9(7)11/h5-6H,3-4H2,1-2H3. The van der Waals surface area contributed by atoms with E-state index in [1.54, 1.807) is 26.0 Å². The molecule has 0 aromatic heterocycles. The van der Waals surface area contributed by atoms with E-state index in [0.717, 1.165) is 0 Å². The summed E-state index contributed by atoms with van der Waals surface area (Å²) in [6.45, 7) is 4.74. The van der Waals surface area contributed by atoms with Gasteiger partial charge in [-0.1, -0.05) is 0 Å². The Bertz CT molecular complexity index is 282. The molecule has 2 rings (SSSR count). The molecule has 1 fully saturated rings. The zero-order valence-electron chi connectivity index (χ0n) is 7.79. The summed E-state index contributed by atoms with van der Waals surface area (Å²) >= 11 is 0. The molecule has 1 saturated heterocycles. The van der Waals surface area contributed by atoms with E-state index in [4.69, 9.17) is 9.47 Å². The van der Waals surface area contributed by atoms with Gasteiger partial charge < -0.3 is 9.47 Å². The quantitative estimate of drug-likeness (QED) is 0.562. The lowest BCUT2D eigenvalue weighted by molar-refractivity contribution is -0.115. The van der Waals surface area contributed by atoms with Gasteiger partial charge in [0.2, 0.25) is 5.79 Å². The van der Waals surface area contributed by atoms with Crippen LogP contribution in [0.2, 0.25) is 0 Å². The minimum absolute atomic E-state index is 0.0738. The molecule has 1 aliphatic carbocycles. The van der Waals surface area contributed by atoms with Crippen molar-refractivity contribution in [1.82, 2.24) is 0 Å². The number of allylic oxidation sites excluding steroid dienone is 2. The number of carbonyl (C=O) groups is 1. The SMILES string of the molecule is CC1=CC2(C=C(C)C1=O)OCCO2. The van der Waals surface area contributed by atoms with Gasteiger partial charge in [-0.2, -0.15) is 0 Å². The predicted molar refractivity (Wildman–Crippen MR) is 47.2 cm³/mol. The minimum Gasteiger partial charge on any atom is -0.341 e.